The second-order valence-electron chi connectivity index (χ2n) is 1.96. The quantitative estimate of drug-likeness (QED) is 0.369. The molecular formula is C5H5BiF6O2. The summed E-state index contributed by atoms with van der Waals surface area (Å²) in [6, 6.07) is 0. The van der Waals surface area contributed by atoms with Gasteiger partial charge in [0.05, 0.1) is 0 Å². The fraction of sp³-hybridized carbons (Fsp3) is 0.600. The van der Waals surface area contributed by atoms with E-state index >= 15 is 0 Å². The number of Topliss-reactive ketones (excluding diaryl/α,β-unsaturated/α-hetero) is 2. The standard InChI is InChI=1S/C5H2F6O2.Bi.3H/c6-1-2(12)4(7,8)3(13)5(9,10)11;;;;/h1H2;;;;. The molecule has 0 fully saturated rings. The van der Waals surface area contributed by atoms with Crippen LogP contribution in [0.3, 0.4) is 0 Å². The topological polar surface area (TPSA) is 34.1 Å². The molecule has 0 rings (SSSR count). The van der Waals surface area contributed by atoms with Crippen molar-refractivity contribution in [3.05, 3.63) is 0 Å². The van der Waals surface area contributed by atoms with Crippen LogP contribution in [-0.4, -0.2) is 56.5 Å². The van der Waals surface area contributed by atoms with Gasteiger partial charge < -0.3 is 0 Å². The van der Waals surface area contributed by atoms with E-state index in [2.05, 4.69) is 0 Å². The summed E-state index contributed by atoms with van der Waals surface area (Å²) in [5, 5.41) is 0. The molecule has 0 aromatic rings. The molecule has 84 valence electrons. The molecule has 2 nitrogen and oxygen atoms in total. The Morgan fingerprint density at radius 2 is 1.36 bits per heavy atom. The number of alkyl halides is 6. The molecule has 0 spiro atoms. The van der Waals surface area contributed by atoms with Gasteiger partial charge in [-0.05, 0) is 0 Å². The Kier molecular flexibility index (Phi) is 5.85. The molecule has 0 saturated carbocycles. The van der Waals surface area contributed by atoms with Gasteiger partial charge in [0.25, 0.3) is 0 Å². The number of hydrogen-bond donors (Lipinski definition) is 0. The molecule has 0 amide bonds. The summed E-state index contributed by atoms with van der Waals surface area (Å²) in [4.78, 5) is 19.7. The van der Waals surface area contributed by atoms with Crippen LogP contribution in [0.2, 0.25) is 0 Å². The summed E-state index contributed by atoms with van der Waals surface area (Å²) in [7, 11) is 0. The Bertz CT molecular complexity index is 235. The summed E-state index contributed by atoms with van der Waals surface area (Å²) in [5.74, 6) is -11.6. The van der Waals surface area contributed by atoms with Gasteiger partial charge in [0.2, 0.25) is 5.78 Å². The van der Waals surface area contributed by atoms with Crippen LogP contribution >= 0.6 is 0 Å². The first-order valence-corrected chi connectivity index (χ1v) is 2.72. The van der Waals surface area contributed by atoms with Crippen LogP contribution in [-0.2, 0) is 9.59 Å². The number of rotatable bonds is 3. The molecule has 0 aliphatic rings. The van der Waals surface area contributed by atoms with Crippen LogP contribution in [0.5, 0.6) is 0 Å². The van der Waals surface area contributed by atoms with E-state index in [9.17, 15) is 35.9 Å². The number of carbonyl (C=O) groups is 2. The van der Waals surface area contributed by atoms with Crippen molar-refractivity contribution >= 4 is 37.8 Å². The first-order chi connectivity index (χ1) is 5.64. The molecule has 0 unspecified atom stereocenters. The van der Waals surface area contributed by atoms with E-state index in [0.717, 1.165) is 0 Å². The molecule has 0 aliphatic heterocycles. The van der Waals surface area contributed by atoms with Gasteiger partial charge in [0, 0.05) is 0 Å². The predicted octanol–water partition coefficient (Wildman–Crippen LogP) is 0.108. The van der Waals surface area contributed by atoms with E-state index < -0.39 is 30.3 Å². The SMILES string of the molecule is O=C(CF)C(F)(F)C(=O)C(F)(F)F.[BiH3]. The normalized spacial score (nSPS) is 11.9. The first kappa shape index (κ1) is 16.2. The fourth-order valence-electron chi connectivity index (χ4n) is 0.389. The van der Waals surface area contributed by atoms with Crippen molar-refractivity contribution in [2.45, 2.75) is 12.1 Å². The molecule has 0 N–H and O–H groups in total. The minimum absolute atomic E-state index is 0. The van der Waals surface area contributed by atoms with Gasteiger partial charge in [0.15, 0.2) is 6.67 Å². The third kappa shape index (κ3) is 3.51. The van der Waals surface area contributed by atoms with Crippen molar-refractivity contribution in [3.63, 3.8) is 0 Å². The van der Waals surface area contributed by atoms with Crippen LogP contribution in [0.25, 0.3) is 0 Å². The van der Waals surface area contributed by atoms with Gasteiger partial charge >= 0.3 is 44.1 Å². The molecule has 0 atom stereocenters. The van der Waals surface area contributed by atoms with Crippen LogP contribution in [0, 0.1) is 0 Å². The van der Waals surface area contributed by atoms with E-state index in [1.54, 1.807) is 0 Å². The first-order valence-electron chi connectivity index (χ1n) is 2.72. The van der Waals surface area contributed by atoms with Crippen molar-refractivity contribution in [2.75, 3.05) is 6.67 Å². The third-order valence-electron chi connectivity index (χ3n) is 1.01. The van der Waals surface area contributed by atoms with Crippen molar-refractivity contribution in [2.24, 2.45) is 0 Å². The van der Waals surface area contributed by atoms with Gasteiger partial charge in [-0.2, -0.15) is 22.0 Å². The number of carbonyl (C=O) groups excluding carboxylic acids is 2. The van der Waals surface area contributed by atoms with Gasteiger partial charge in [-0.25, -0.2) is 4.39 Å². The maximum atomic E-state index is 12.0. The van der Waals surface area contributed by atoms with Crippen LogP contribution in [0.4, 0.5) is 26.3 Å². The Balaban J connectivity index is 0. The Morgan fingerprint density at radius 3 is 1.57 bits per heavy atom. The molecule has 0 aliphatic carbocycles. The van der Waals surface area contributed by atoms with Gasteiger partial charge in [-0.3, -0.25) is 9.59 Å². The maximum absolute atomic E-state index is 12.0. The summed E-state index contributed by atoms with van der Waals surface area (Å²) in [6.07, 6.45) is -5.85. The molecule has 0 saturated heterocycles. The zero-order valence-corrected chi connectivity index (χ0v) is 12.0. The summed E-state index contributed by atoms with van der Waals surface area (Å²) in [5.41, 5.74) is 0. The van der Waals surface area contributed by atoms with E-state index in [1.807, 2.05) is 0 Å². The van der Waals surface area contributed by atoms with Crippen molar-refractivity contribution in [1.29, 1.82) is 0 Å². The molecule has 14 heavy (non-hydrogen) atoms. The zero-order valence-electron chi connectivity index (χ0n) is 6.50. The van der Waals surface area contributed by atoms with E-state index in [0.29, 0.717) is 0 Å². The number of ketones is 2. The summed E-state index contributed by atoms with van der Waals surface area (Å²) >= 11 is 0. The molecule has 0 radical (unpaired) electrons. The van der Waals surface area contributed by atoms with Crippen molar-refractivity contribution < 1.29 is 35.9 Å². The monoisotopic (exact) mass is 420 g/mol. The molecule has 0 bridgehead atoms. The molecule has 0 aromatic heterocycles. The third-order valence-corrected chi connectivity index (χ3v) is 1.01. The number of hydrogen-bond acceptors (Lipinski definition) is 2. The van der Waals surface area contributed by atoms with Gasteiger partial charge in [-0.1, -0.05) is 0 Å². The molecular weight excluding hydrogens is 415 g/mol. The van der Waals surface area contributed by atoms with Crippen LogP contribution in [0.1, 0.15) is 0 Å². The Hall–Kier alpha value is -0.197. The average Bonchev–Trinajstić information content (AvgIpc) is 1.99. The van der Waals surface area contributed by atoms with Crippen LogP contribution in [0.15, 0.2) is 0 Å². The number of halogens is 6. The summed E-state index contributed by atoms with van der Waals surface area (Å²) in [6.45, 7) is -2.32. The minimum atomic E-state index is -5.85. The van der Waals surface area contributed by atoms with E-state index in [4.69, 9.17) is 0 Å². The zero-order chi connectivity index (χ0) is 10.9. The fourth-order valence-corrected chi connectivity index (χ4v) is 0.389. The van der Waals surface area contributed by atoms with Gasteiger partial charge in [-0.15, -0.1) is 0 Å². The summed E-state index contributed by atoms with van der Waals surface area (Å²) < 4.78 is 69.4. The Labute approximate surface area is 92.8 Å². The second-order valence-corrected chi connectivity index (χ2v) is 1.96. The van der Waals surface area contributed by atoms with Crippen molar-refractivity contribution in [1.82, 2.24) is 0 Å². The van der Waals surface area contributed by atoms with E-state index in [-0.39, 0.29) is 26.2 Å². The van der Waals surface area contributed by atoms with Crippen molar-refractivity contribution in [3.8, 4) is 0 Å². The predicted molar refractivity (Wildman–Crippen MR) is 36.9 cm³/mol. The average molecular weight is 420 g/mol. The van der Waals surface area contributed by atoms with Crippen LogP contribution < -0.4 is 0 Å². The Morgan fingerprint density at radius 1 is 1.00 bits per heavy atom. The molecule has 9 heteroatoms. The molecule has 0 heterocycles. The van der Waals surface area contributed by atoms with E-state index in [1.165, 1.54) is 0 Å². The second kappa shape index (κ2) is 5.04. The van der Waals surface area contributed by atoms with Gasteiger partial charge in [0.1, 0.15) is 0 Å². The molecule has 0 aromatic carbocycles.